The fourth-order valence-corrected chi connectivity index (χ4v) is 3.68. The third-order valence-corrected chi connectivity index (χ3v) is 5.27. The molecule has 30 heavy (non-hydrogen) atoms. The Hall–Kier alpha value is -3.54. The Morgan fingerprint density at radius 3 is 2.33 bits per heavy atom. The largest absolute Gasteiger partial charge is 0.379 e. The van der Waals surface area contributed by atoms with Crippen molar-refractivity contribution >= 4 is 28.9 Å². The minimum atomic E-state index is -0.276. The van der Waals surface area contributed by atoms with E-state index in [1.165, 1.54) is 5.56 Å². The molecule has 1 atom stereocenters. The molecular formula is C24H27N5O. The quantitative estimate of drug-likeness (QED) is 0.510. The zero-order valence-electron chi connectivity index (χ0n) is 17.1. The number of rotatable bonds is 6. The van der Waals surface area contributed by atoms with Crippen LogP contribution >= 0.6 is 0 Å². The molecule has 6 nitrogen and oxygen atoms in total. The van der Waals surface area contributed by atoms with Crippen molar-refractivity contribution in [2.75, 3.05) is 33.9 Å². The number of aromatic nitrogens is 1. The van der Waals surface area contributed by atoms with E-state index in [4.69, 9.17) is 0 Å². The van der Waals surface area contributed by atoms with Crippen LogP contribution in [0.15, 0.2) is 72.9 Å². The first kappa shape index (κ1) is 19.8. The lowest BCUT2D eigenvalue weighted by molar-refractivity contribution is 0.262. The molecule has 2 amide bonds. The second kappa shape index (κ2) is 9.31. The van der Waals surface area contributed by atoms with Gasteiger partial charge in [-0.2, -0.15) is 0 Å². The van der Waals surface area contributed by atoms with E-state index < -0.39 is 0 Å². The van der Waals surface area contributed by atoms with Gasteiger partial charge >= 0.3 is 6.03 Å². The van der Waals surface area contributed by atoms with E-state index in [2.05, 4.69) is 44.9 Å². The summed E-state index contributed by atoms with van der Waals surface area (Å²) in [5, 5.41) is 9.31. The van der Waals surface area contributed by atoms with Crippen LogP contribution in [0.2, 0.25) is 0 Å². The summed E-state index contributed by atoms with van der Waals surface area (Å²) >= 11 is 0. The topological polar surface area (TPSA) is 69.3 Å². The first-order valence-corrected chi connectivity index (χ1v) is 10.4. The molecule has 0 aliphatic carbocycles. The lowest BCUT2D eigenvalue weighted by Gasteiger charge is -2.20. The fourth-order valence-electron chi connectivity index (χ4n) is 3.68. The van der Waals surface area contributed by atoms with Crippen molar-refractivity contribution in [3.63, 3.8) is 0 Å². The van der Waals surface area contributed by atoms with Crippen LogP contribution in [0, 0.1) is 0 Å². The van der Waals surface area contributed by atoms with Crippen LogP contribution in [0.4, 0.5) is 27.7 Å². The lowest BCUT2D eigenvalue weighted by atomic mass is 10.1. The highest BCUT2D eigenvalue weighted by Gasteiger charge is 2.18. The zero-order valence-corrected chi connectivity index (χ0v) is 17.1. The number of benzene rings is 2. The first-order chi connectivity index (χ1) is 14.7. The molecule has 1 fully saturated rings. The standard InChI is InChI=1S/C24H27N5O/c1-18(19-8-3-2-4-9-19)26-20-11-13-21(14-12-20)27-24(30)28-22-10-7-15-25-23(22)29-16-5-6-17-29/h2-4,7-15,18,26H,5-6,16-17H2,1H3,(H2,27,28,30). The van der Waals surface area contributed by atoms with Crippen molar-refractivity contribution in [3.05, 3.63) is 78.5 Å². The number of anilines is 4. The predicted octanol–water partition coefficient (Wildman–Crippen LogP) is 5.50. The van der Waals surface area contributed by atoms with Gasteiger partial charge in [-0.05, 0) is 61.7 Å². The van der Waals surface area contributed by atoms with Crippen molar-refractivity contribution in [2.45, 2.75) is 25.8 Å². The number of pyridine rings is 1. The summed E-state index contributed by atoms with van der Waals surface area (Å²) in [7, 11) is 0. The SMILES string of the molecule is CC(Nc1ccc(NC(=O)Nc2cccnc2N2CCCC2)cc1)c1ccccc1. The van der Waals surface area contributed by atoms with E-state index in [1.807, 2.05) is 54.6 Å². The number of amides is 2. The minimum absolute atomic E-state index is 0.197. The van der Waals surface area contributed by atoms with Gasteiger partial charge in [-0.25, -0.2) is 9.78 Å². The Balaban J connectivity index is 1.35. The summed E-state index contributed by atoms with van der Waals surface area (Å²) in [5.41, 5.74) is 3.69. The zero-order chi connectivity index (χ0) is 20.8. The monoisotopic (exact) mass is 401 g/mol. The third kappa shape index (κ3) is 4.89. The van der Waals surface area contributed by atoms with Crippen LogP contribution in [0.3, 0.4) is 0 Å². The number of urea groups is 1. The highest BCUT2D eigenvalue weighted by molar-refractivity contribution is 6.01. The molecule has 0 radical (unpaired) electrons. The van der Waals surface area contributed by atoms with E-state index in [1.54, 1.807) is 6.20 Å². The smallest absolute Gasteiger partial charge is 0.323 e. The van der Waals surface area contributed by atoms with Gasteiger partial charge in [0.2, 0.25) is 0 Å². The maximum atomic E-state index is 12.5. The van der Waals surface area contributed by atoms with E-state index in [0.29, 0.717) is 0 Å². The van der Waals surface area contributed by atoms with Gasteiger partial charge in [0.05, 0.1) is 5.69 Å². The average Bonchev–Trinajstić information content (AvgIpc) is 3.31. The molecule has 154 valence electrons. The molecule has 3 N–H and O–H groups in total. The van der Waals surface area contributed by atoms with E-state index in [9.17, 15) is 4.79 Å². The second-order valence-electron chi connectivity index (χ2n) is 7.50. The maximum Gasteiger partial charge on any atom is 0.323 e. The Morgan fingerprint density at radius 1 is 0.900 bits per heavy atom. The Morgan fingerprint density at radius 2 is 1.60 bits per heavy atom. The predicted molar refractivity (Wildman–Crippen MR) is 123 cm³/mol. The van der Waals surface area contributed by atoms with E-state index in [-0.39, 0.29) is 12.1 Å². The van der Waals surface area contributed by atoms with Gasteiger partial charge in [-0.1, -0.05) is 30.3 Å². The number of nitrogens with one attached hydrogen (secondary N) is 3. The highest BCUT2D eigenvalue weighted by Crippen LogP contribution is 2.26. The van der Waals surface area contributed by atoms with Crippen molar-refractivity contribution in [1.82, 2.24) is 4.98 Å². The summed E-state index contributed by atoms with van der Waals surface area (Å²) in [6.45, 7) is 4.08. The molecule has 4 rings (SSSR count). The van der Waals surface area contributed by atoms with Crippen LogP contribution in [0.25, 0.3) is 0 Å². The Bertz CT molecular complexity index is 968. The lowest BCUT2D eigenvalue weighted by Crippen LogP contribution is -2.24. The summed E-state index contributed by atoms with van der Waals surface area (Å²) in [6, 6.07) is 21.7. The summed E-state index contributed by atoms with van der Waals surface area (Å²) in [4.78, 5) is 19.2. The van der Waals surface area contributed by atoms with Crippen molar-refractivity contribution in [2.24, 2.45) is 0 Å². The normalized spacial score (nSPS) is 14.2. The molecule has 6 heteroatoms. The molecule has 0 saturated carbocycles. The van der Waals surface area contributed by atoms with Crippen LogP contribution in [-0.4, -0.2) is 24.1 Å². The van der Waals surface area contributed by atoms with Crippen molar-refractivity contribution in [1.29, 1.82) is 0 Å². The first-order valence-electron chi connectivity index (χ1n) is 10.4. The van der Waals surface area contributed by atoms with Gasteiger partial charge in [0, 0.05) is 36.7 Å². The summed E-state index contributed by atoms with van der Waals surface area (Å²) in [6.07, 6.45) is 4.08. The van der Waals surface area contributed by atoms with Gasteiger partial charge in [0.1, 0.15) is 0 Å². The number of carbonyl (C=O) groups excluding carboxylic acids is 1. The van der Waals surface area contributed by atoms with Crippen LogP contribution in [-0.2, 0) is 0 Å². The molecule has 0 spiro atoms. The van der Waals surface area contributed by atoms with E-state index in [0.717, 1.165) is 48.8 Å². The molecule has 2 heterocycles. The molecule has 0 bridgehead atoms. The van der Waals surface area contributed by atoms with Gasteiger partial charge in [-0.3, -0.25) is 0 Å². The summed E-state index contributed by atoms with van der Waals surface area (Å²) < 4.78 is 0. The number of hydrogen-bond acceptors (Lipinski definition) is 4. The highest BCUT2D eigenvalue weighted by atomic mass is 16.2. The molecule has 3 aromatic rings. The van der Waals surface area contributed by atoms with Gasteiger partial charge < -0.3 is 20.9 Å². The van der Waals surface area contributed by atoms with Crippen LogP contribution in [0.1, 0.15) is 31.4 Å². The van der Waals surface area contributed by atoms with Crippen molar-refractivity contribution in [3.8, 4) is 0 Å². The van der Waals surface area contributed by atoms with Gasteiger partial charge in [-0.15, -0.1) is 0 Å². The third-order valence-electron chi connectivity index (χ3n) is 5.27. The number of nitrogens with zero attached hydrogens (tertiary/aromatic N) is 2. The van der Waals surface area contributed by atoms with E-state index >= 15 is 0 Å². The molecule has 1 aromatic heterocycles. The minimum Gasteiger partial charge on any atom is -0.379 e. The van der Waals surface area contributed by atoms with Crippen molar-refractivity contribution < 1.29 is 4.79 Å². The van der Waals surface area contributed by atoms with Gasteiger partial charge in [0.15, 0.2) is 5.82 Å². The maximum absolute atomic E-state index is 12.5. The van der Waals surface area contributed by atoms with Crippen LogP contribution < -0.4 is 20.9 Å². The number of carbonyl (C=O) groups is 1. The van der Waals surface area contributed by atoms with Gasteiger partial charge in [0.25, 0.3) is 0 Å². The molecule has 1 saturated heterocycles. The molecule has 1 aliphatic rings. The number of hydrogen-bond donors (Lipinski definition) is 3. The average molecular weight is 402 g/mol. The second-order valence-corrected chi connectivity index (χ2v) is 7.50. The summed E-state index contributed by atoms with van der Waals surface area (Å²) in [5.74, 6) is 0.833. The molecule has 1 unspecified atom stereocenters. The molecule has 1 aliphatic heterocycles. The van der Waals surface area contributed by atoms with Crippen LogP contribution in [0.5, 0.6) is 0 Å². The Kier molecular flexibility index (Phi) is 6.13. The molecular weight excluding hydrogens is 374 g/mol. The Labute approximate surface area is 177 Å². The fraction of sp³-hybridized carbons (Fsp3) is 0.250. The molecule has 2 aromatic carbocycles.